The zero-order valence-electron chi connectivity index (χ0n) is 12.7. The lowest BCUT2D eigenvalue weighted by Crippen LogP contribution is -2.24. The molecule has 0 aliphatic carbocycles. The van der Waals surface area contributed by atoms with Gasteiger partial charge in [0, 0.05) is 5.56 Å². The SMILES string of the molecule is CCOc1c(OC)cccc1[C@@H]1C=C(C(=O)O)Nc2ncnn21. The molecule has 1 aliphatic rings. The Kier molecular flexibility index (Phi) is 3.88. The summed E-state index contributed by atoms with van der Waals surface area (Å²) in [5, 5.41) is 16.2. The lowest BCUT2D eigenvalue weighted by atomic mass is 10.0. The van der Waals surface area contributed by atoms with Crippen LogP contribution in [-0.2, 0) is 4.79 Å². The number of hydrogen-bond acceptors (Lipinski definition) is 6. The number of carboxylic acids is 1. The number of benzene rings is 1. The second-order valence-electron chi connectivity index (χ2n) is 4.80. The number of ether oxygens (including phenoxy) is 2. The molecule has 1 atom stereocenters. The highest BCUT2D eigenvalue weighted by molar-refractivity contribution is 5.90. The maximum atomic E-state index is 11.4. The topological polar surface area (TPSA) is 98.5 Å². The molecule has 2 aromatic rings. The molecule has 120 valence electrons. The van der Waals surface area contributed by atoms with Crippen molar-refractivity contribution >= 4 is 11.9 Å². The number of nitrogens with one attached hydrogen (secondary N) is 1. The Morgan fingerprint density at radius 3 is 3.00 bits per heavy atom. The molecule has 1 aliphatic heterocycles. The molecule has 0 bridgehead atoms. The lowest BCUT2D eigenvalue weighted by molar-refractivity contribution is -0.132. The van der Waals surface area contributed by atoms with Crippen molar-refractivity contribution in [2.75, 3.05) is 19.0 Å². The number of para-hydroxylation sites is 1. The first-order chi connectivity index (χ1) is 11.2. The molecule has 0 radical (unpaired) electrons. The summed E-state index contributed by atoms with van der Waals surface area (Å²) >= 11 is 0. The molecule has 23 heavy (non-hydrogen) atoms. The molecule has 8 nitrogen and oxygen atoms in total. The minimum atomic E-state index is -1.06. The van der Waals surface area contributed by atoms with E-state index in [1.54, 1.807) is 23.9 Å². The Labute approximate surface area is 132 Å². The van der Waals surface area contributed by atoms with E-state index in [2.05, 4.69) is 15.4 Å². The summed E-state index contributed by atoms with van der Waals surface area (Å²) in [5.74, 6) is 0.437. The molecule has 0 saturated carbocycles. The number of methoxy groups -OCH3 is 1. The number of nitrogens with zero attached hydrogens (tertiary/aromatic N) is 3. The molecule has 0 unspecified atom stereocenters. The van der Waals surface area contributed by atoms with Gasteiger partial charge in [0.15, 0.2) is 11.5 Å². The molecule has 1 aromatic heterocycles. The molecule has 0 spiro atoms. The standard InChI is InChI=1S/C15H16N4O4/c1-3-23-13-9(5-4-6-12(13)22-2)11-7-10(14(20)21)18-15-16-8-17-19(11)15/h4-8,11H,3H2,1-2H3,(H,20,21)(H,16,17,18)/t11-/m0/s1. The van der Waals surface area contributed by atoms with Crippen molar-refractivity contribution in [1.82, 2.24) is 14.8 Å². The maximum absolute atomic E-state index is 11.4. The highest BCUT2D eigenvalue weighted by Gasteiger charge is 2.28. The van der Waals surface area contributed by atoms with E-state index in [0.717, 1.165) is 5.56 Å². The van der Waals surface area contributed by atoms with E-state index in [0.29, 0.717) is 24.1 Å². The van der Waals surface area contributed by atoms with E-state index in [1.165, 1.54) is 6.33 Å². The molecule has 0 fully saturated rings. The van der Waals surface area contributed by atoms with Crippen LogP contribution in [-0.4, -0.2) is 39.6 Å². The van der Waals surface area contributed by atoms with Crippen LogP contribution in [0.1, 0.15) is 18.5 Å². The van der Waals surface area contributed by atoms with Gasteiger partial charge in [-0.15, -0.1) is 0 Å². The van der Waals surface area contributed by atoms with Crippen molar-refractivity contribution in [2.24, 2.45) is 0 Å². The van der Waals surface area contributed by atoms with Crippen molar-refractivity contribution in [1.29, 1.82) is 0 Å². The summed E-state index contributed by atoms with van der Waals surface area (Å²) in [6.07, 6.45) is 2.94. The van der Waals surface area contributed by atoms with Gasteiger partial charge in [0.2, 0.25) is 5.95 Å². The fourth-order valence-electron chi connectivity index (χ4n) is 2.51. The fraction of sp³-hybridized carbons (Fsp3) is 0.267. The average molecular weight is 316 g/mol. The van der Waals surface area contributed by atoms with Gasteiger partial charge >= 0.3 is 5.97 Å². The van der Waals surface area contributed by atoms with Gasteiger partial charge in [0.1, 0.15) is 18.1 Å². The normalized spacial score (nSPS) is 16.1. The van der Waals surface area contributed by atoms with E-state index in [1.807, 2.05) is 19.1 Å². The predicted molar refractivity (Wildman–Crippen MR) is 81.7 cm³/mol. The third-order valence-corrected chi connectivity index (χ3v) is 3.47. The summed E-state index contributed by atoms with van der Waals surface area (Å²) < 4.78 is 12.7. The van der Waals surface area contributed by atoms with Crippen LogP contribution < -0.4 is 14.8 Å². The number of anilines is 1. The fourth-order valence-corrected chi connectivity index (χ4v) is 2.51. The van der Waals surface area contributed by atoms with Crippen LogP contribution in [0, 0.1) is 0 Å². The molecule has 1 aromatic carbocycles. The summed E-state index contributed by atoms with van der Waals surface area (Å²) in [6, 6.07) is 5.00. The minimum absolute atomic E-state index is 0.0424. The van der Waals surface area contributed by atoms with E-state index in [-0.39, 0.29) is 5.70 Å². The number of fused-ring (bicyclic) bond motifs is 1. The smallest absolute Gasteiger partial charge is 0.352 e. The van der Waals surface area contributed by atoms with Crippen LogP contribution in [0.15, 0.2) is 36.3 Å². The molecule has 8 heteroatoms. The number of hydrogen-bond donors (Lipinski definition) is 2. The number of aromatic nitrogens is 3. The van der Waals surface area contributed by atoms with E-state index < -0.39 is 12.0 Å². The zero-order chi connectivity index (χ0) is 16.4. The second kappa shape index (κ2) is 5.99. The van der Waals surface area contributed by atoms with Crippen molar-refractivity contribution in [3.05, 3.63) is 41.9 Å². The highest BCUT2D eigenvalue weighted by Crippen LogP contribution is 2.39. The maximum Gasteiger partial charge on any atom is 0.352 e. The van der Waals surface area contributed by atoms with Gasteiger partial charge in [-0.25, -0.2) is 9.48 Å². The van der Waals surface area contributed by atoms with Crippen molar-refractivity contribution in [2.45, 2.75) is 13.0 Å². The average Bonchev–Trinajstić information content (AvgIpc) is 3.03. The lowest BCUT2D eigenvalue weighted by Gasteiger charge is -2.24. The number of aliphatic carboxylic acids is 1. The summed E-state index contributed by atoms with van der Waals surface area (Å²) in [5.41, 5.74) is 0.791. The molecule has 2 heterocycles. The van der Waals surface area contributed by atoms with Gasteiger partial charge in [0.25, 0.3) is 0 Å². The molecular weight excluding hydrogens is 300 g/mol. The summed E-state index contributed by atoms with van der Waals surface area (Å²) in [7, 11) is 1.56. The van der Waals surface area contributed by atoms with Crippen LogP contribution >= 0.6 is 0 Å². The summed E-state index contributed by atoms with van der Waals surface area (Å²) in [6.45, 7) is 2.33. The van der Waals surface area contributed by atoms with Gasteiger partial charge in [-0.1, -0.05) is 12.1 Å². The van der Waals surface area contributed by atoms with Crippen LogP contribution in [0.5, 0.6) is 11.5 Å². The number of carbonyl (C=O) groups is 1. The first-order valence-electron chi connectivity index (χ1n) is 7.07. The first-order valence-corrected chi connectivity index (χ1v) is 7.07. The quantitative estimate of drug-likeness (QED) is 0.865. The molecular formula is C15H16N4O4. The van der Waals surface area contributed by atoms with E-state index >= 15 is 0 Å². The van der Waals surface area contributed by atoms with Crippen LogP contribution in [0.4, 0.5) is 5.95 Å². The Bertz CT molecular complexity index is 769. The van der Waals surface area contributed by atoms with Crippen molar-refractivity contribution in [3.8, 4) is 11.5 Å². The van der Waals surface area contributed by atoms with Gasteiger partial charge in [0.05, 0.1) is 13.7 Å². The van der Waals surface area contributed by atoms with Gasteiger partial charge in [-0.05, 0) is 19.1 Å². The van der Waals surface area contributed by atoms with E-state index in [4.69, 9.17) is 9.47 Å². The summed E-state index contributed by atoms with van der Waals surface area (Å²) in [4.78, 5) is 15.4. The minimum Gasteiger partial charge on any atom is -0.493 e. The van der Waals surface area contributed by atoms with Gasteiger partial charge < -0.3 is 19.9 Å². The Hall–Kier alpha value is -3.03. The third-order valence-electron chi connectivity index (χ3n) is 3.47. The largest absolute Gasteiger partial charge is 0.493 e. The predicted octanol–water partition coefficient (Wildman–Crippen LogP) is 1.67. The third kappa shape index (κ3) is 2.59. The zero-order valence-corrected chi connectivity index (χ0v) is 12.7. The molecule has 3 rings (SSSR count). The van der Waals surface area contributed by atoms with Crippen LogP contribution in [0.2, 0.25) is 0 Å². The Balaban J connectivity index is 2.16. The number of allylic oxidation sites excluding steroid dienone is 1. The van der Waals surface area contributed by atoms with Crippen LogP contribution in [0.3, 0.4) is 0 Å². The first kappa shape index (κ1) is 14.9. The number of carboxylic acid groups (broad SMARTS) is 1. The monoisotopic (exact) mass is 316 g/mol. The van der Waals surface area contributed by atoms with Crippen molar-refractivity contribution in [3.63, 3.8) is 0 Å². The highest BCUT2D eigenvalue weighted by atomic mass is 16.5. The Morgan fingerprint density at radius 2 is 2.30 bits per heavy atom. The van der Waals surface area contributed by atoms with Crippen LogP contribution in [0.25, 0.3) is 0 Å². The second-order valence-corrected chi connectivity index (χ2v) is 4.80. The molecule has 0 saturated heterocycles. The van der Waals surface area contributed by atoms with E-state index in [9.17, 15) is 9.90 Å². The molecule has 2 N–H and O–H groups in total. The molecule has 0 amide bonds. The van der Waals surface area contributed by atoms with Gasteiger partial charge in [-0.3, -0.25) is 0 Å². The van der Waals surface area contributed by atoms with Crippen molar-refractivity contribution < 1.29 is 19.4 Å². The van der Waals surface area contributed by atoms with Gasteiger partial charge in [-0.2, -0.15) is 10.1 Å². The Morgan fingerprint density at radius 1 is 1.48 bits per heavy atom. The number of rotatable bonds is 5.